The molecule has 0 heterocycles. The summed E-state index contributed by atoms with van der Waals surface area (Å²) in [5.74, 6) is 0.415. The summed E-state index contributed by atoms with van der Waals surface area (Å²) in [7, 11) is 0. The van der Waals surface area contributed by atoms with Crippen molar-refractivity contribution in [3.8, 4) is 0 Å². The van der Waals surface area contributed by atoms with E-state index in [1.54, 1.807) is 12.1 Å². The molecule has 2 rings (SSSR count). The summed E-state index contributed by atoms with van der Waals surface area (Å²) < 4.78 is 14.4. The number of benzene rings is 1. The highest BCUT2D eigenvalue weighted by Gasteiger charge is 2.18. The summed E-state index contributed by atoms with van der Waals surface area (Å²) >= 11 is 3.31. The third-order valence-electron chi connectivity index (χ3n) is 3.89. The molecule has 0 saturated heterocycles. The summed E-state index contributed by atoms with van der Waals surface area (Å²) in [5, 5.41) is 10.1. The van der Waals surface area contributed by atoms with Gasteiger partial charge in [0.2, 0.25) is 0 Å². The van der Waals surface area contributed by atoms with Crippen LogP contribution >= 0.6 is 15.9 Å². The van der Waals surface area contributed by atoms with Gasteiger partial charge in [0.15, 0.2) is 0 Å². The van der Waals surface area contributed by atoms with Gasteiger partial charge < -0.3 is 5.11 Å². The maximum absolute atomic E-state index is 13.6. The number of hydrogen-bond donors (Lipinski definition) is 1. The lowest BCUT2D eigenvalue weighted by Gasteiger charge is -2.22. The molecule has 0 amide bonds. The van der Waals surface area contributed by atoms with Crippen molar-refractivity contribution in [1.29, 1.82) is 0 Å². The van der Waals surface area contributed by atoms with E-state index in [1.165, 1.54) is 38.2 Å². The maximum atomic E-state index is 13.6. The van der Waals surface area contributed by atoms with Crippen molar-refractivity contribution < 1.29 is 9.50 Å². The molecule has 100 valence electrons. The minimum atomic E-state index is -0.676. The minimum Gasteiger partial charge on any atom is -0.388 e. The summed E-state index contributed by atoms with van der Waals surface area (Å²) in [6.07, 6.45) is 7.51. The molecular weight excluding hydrogens is 295 g/mol. The molecule has 1 aliphatic carbocycles. The monoisotopic (exact) mass is 314 g/mol. The molecule has 1 aromatic carbocycles. The predicted octanol–water partition coefficient (Wildman–Crippen LogP) is 4.98. The molecule has 0 bridgehead atoms. The van der Waals surface area contributed by atoms with Gasteiger partial charge in [-0.3, -0.25) is 0 Å². The summed E-state index contributed by atoms with van der Waals surface area (Å²) in [6, 6.07) is 4.75. The fraction of sp³-hybridized carbons (Fsp3) is 0.600. The first-order chi connectivity index (χ1) is 8.66. The van der Waals surface area contributed by atoms with Crippen LogP contribution in [0, 0.1) is 11.7 Å². The van der Waals surface area contributed by atoms with Crippen molar-refractivity contribution in [2.24, 2.45) is 5.92 Å². The molecule has 1 atom stereocenters. The highest BCUT2D eigenvalue weighted by Crippen LogP contribution is 2.31. The molecule has 0 spiro atoms. The quantitative estimate of drug-likeness (QED) is 0.830. The number of aliphatic hydroxyl groups is 1. The second-order valence-electron chi connectivity index (χ2n) is 5.26. The molecule has 0 aromatic heterocycles. The van der Waals surface area contributed by atoms with Crippen molar-refractivity contribution in [3.63, 3.8) is 0 Å². The molecule has 0 radical (unpaired) electrons. The molecule has 1 saturated carbocycles. The van der Waals surface area contributed by atoms with E-state index >= 15 is 0 Å². The van der Waals surface area contributed by atoms with E-state index < -0.39 is 6.10 Å². The summed E-state index contributed by atoms with van der Waals surface area (Å²) in [5.41, 5.74) is 0.417. The standard InChI is InChI=1S/C15H20BrFO/c16-12-7-8-14(17)13(10-12)15(18)9-6-11-4-2-1-3-5-11/h7-8,10-11,15,18H,1-6,9H2. The summed E-state index contributed by atoms with van der Waals surface area (Å²) in [6.45, 7) is 0. The van der Waals surface area contributed by atoms with Crippen molar-refractivity contribution in [2.75, 3.05) is 0 Å². The minimum absolute atomic E-state index is 0.311. The maximum Gasteiger partial charge on any atom is 0.129 e. The molecular formula is C15H20BrFO. The Morgan fingerprint density at radius 1 is 1.28 bits per heavy atom. The van der Waals surface area contributed by atoms with Crippen LogP contribution in [-0.4, -0.2) is 5.11 Å². The first-order valence-corrected chi connectivity index (χ1v) is 7.59. The first-order valence-electron chi connectivity index (χ1n) is 6.80. The van der Waals surface area contributed by atoms with Crippen LogP contribution in [0.3, 0.4) is 0 Å². The Morgan fingerprint density at radius 3 is 2.72 bits per heavy atom. The van der Waals surface area contributed by atoms with E-state index in [0.717, 1.165) is 16.8 Å². The van der Waals surface area contributed by atoms with Crippen LogP contribution in [0.5, 0.6) is 0 Å². The molecule has 18 heavy (non-hydrogen) atoms. The van der Waals surface area contributed by atoms with E-state index in [4.69, 9.17) is 0 Å². The van der Waals surface area contributed by atoms with Gasteiger partial charge in [0.25, 0.3) is 0 Å². The molecule has 1 nitrogen and oxygen atoms in total. The Bertz CT molecular complexity index is 388. The highest BCUT2D eigenvalue weighted by atomic mass is 79.9. The predicted molar refractivity (Wildman–Crippen MR) is 74.9 cm³/mol. The third-order valence-corrected chi connectivity index (χ3v) is 4.38. The Morgan fingerprint density at radius 2 is 2.00 bits per heavy atom. The lowest BCUT2D eigenvalue weighted by atomic mass is 9.85. The van der Waals surface area contributed by atoms with Crippen LogP contribution < -0.4 is 0 Å². The van der Waals surface area contributed by atoms with Gasteiger partial charge in [-0.25, -0.2) is 4.39 Å². The van der Waals surface area contributed by atoms with Gasteiger partial charge in [0.1, 0.15) is 5.82 Å². The molecule has 1 N–H and O–H groups in total. The molecule has 0 aliphatic heterocycles. The van der Waals surface area contributed by atoms with Gasteiger partial charge >= 0.3 is 0 Å². The average Bonchev–Trinajstić information content (AvgIpc) is 2.40. The second-order valence-corrected chi connectivity index (χ2v) is 6.18. The van der Waals surface area contributed by atoms with Crippen LogP contribution in [0.4, 0.5) is 4.39 Å². The van der Waals surface area contributed by atoms with E-state index in [1.807, 2.05) is 0 Å². The van der Waals surface area contributed by atoms with Crippen LogP contribution in [-0.2, 0) is 0 Å². The van der Waals surface area contributed by atoms with Crippen molar-refractivity contribution >= 4 is 15.9 Å². The molecule has 1 aliphatic rings. The molecule has 3 heteroatoms. The molecule has 1 fully saturated rings. The second kappa shape index (κ2) is 6.67. The van der Waals surface area contributed by atoms with Crippen LogP contribution in [0.2, 0.25) is 0 Å². The van der Waals surface area contributed by atoms with Gasteiger partial charge in [0, 0.05) is 10.0 Å². The van der Waals surface area contributed by atoms with E-state index in [0.29, 0.717) is 12.0 Å². The van der Waals surface area contributed by atoms with Gasteiger partial charge in [-0.2, -0.15) is 0 Å². The van der Waals surface area contributed by atoms with E-state index in [2.05, 4.69) is 15.9 Å². The Hall–Kier alpha value is -0.410. The van der Waals surface area contributed by atoms with Gasteiger partial charge in [-0.1, -0.05) is 48.0 Å². The number of aliphatic hydroxyl groups excluding tert-OH is 1. The number of rotatable bonds is 4. The average molecular weight is 315 g/mol. The SMILES string of the molecule is OC(CCC1CCCCC1)c1cc(Br)ccc1F. The molecule has 1 aromatic rings. The molecule has 1 unspecified atom stereocenters. The first kappa shape index (κ1) is 14.0. The fourth-order valence-electron chi connectivity index (χ4n) is 2.79. The van der Waals surface area contributed by atoms with Crippen LogP contribution in [0.25, 0.3) is 0 Å². The fourth-order valence-corrected chi connectivity index (χ4v) is 3.17. The normalized spacial score (nSPS) is 18.8. The third kappa shape index (κ3) is 3.79. The van der Waals surface area contributed by atoms with E-state index in [-0.39, 0.29) is 5.82 Å². The topological polar surface area (TPSA) is 20.2 Å². The van der Waals surface area contributed by atoms with Crippen LogP contribution in [0.1, 0.15) is 56.6 Å². The highest BCUT2D eigenvalue weighted by molar-refractivity contribution is 9.10. The number of hydrogen-bond acceptors (Lipinski definition) is 1. The van der Waals surface area contributed by atoms with Gasteiger partial charge in [-0.05, 0) is 37.0 Å². The van der Waals surface area contributed by atoms with Crippen LogP contribution in [0.15, 0.2) is 22.7 Å². The Balaban J connectivity index is 1.90. The van der Waals surface area contributed by atoms with Crippen molar-refractivity contribution in [3.05, 3.63) is 34.1 Å². The van der Waals surface area contributed by atoms with E-state index in [9.17, 15) is 9.50 Å². The van der Waals surface area contributed by atoms with Gasteiger partial charge in [0.05, 0.1) is 6.10 Å². The van der Waals surface area contributed by atoms with Crippen molar-refractivity contribution in [2.45, 2.75) is 51.0 Å². The zero-order chi connectivity index (χ0) is 13.0. The smallest absolute Gasteiger partial charge is 0.129 e. The van der Waals surface area contributed by atoms with Crippen molar-refractivity contribution in [1.82, 2.24) is 0 Å². The largest absolute Gasteiger partial charge is 0.388 e. The summed E-state index contributed by atoms with van der Waals surface area (Å²) in [4.78, 5) is 0. The Kier molecular flexibility index (Phi) is 5.19. The lowest BCUT2D eigenvalue weighted by Crippen LogP contribution is -2.09. The zero-order valence-corrected chi connectivity index (χ0v) is 12.1. The van der Waals surface area contributed by atoms with Gasteiger partial charge in [-0.15, -0.1) is 0 Å². The zero-order valence-electron chi connectivity index (χ0n) is 10.5. The lowest BCUT2D eigenvalue weighted by molar-refractivity contribution is 0.147. The Labute approximate surface area is 117 Å². The number of halogens is 2.